The Balaban J connectivity index is 2.60. The van der Waals surface area contributed by atoms with Crippen LogP contribution in [0.3, 0.4) is 0 Å². The number of ether oxygens (including phenoxy) is 1. The van der Waals surface area contributed by atoms with Crippen LogP contribution >= 0.6 is 15.9 Å². The van der Waals surface area contributed by atoms with E-state index in [4.69, 9.17) is 9.72 Å². The fourth-order valence-corrected chi connectivity index (χ4v) is 3.44. The van der Waals surface area contributed by atoms with E-state index in [1.54, 1.807) is 7.11 Å². The zero-order valence-electron chi connectivity index (χ0n) is 12.0. The standard InChI is InChI=1S/C14H21BrN2O2/c1-13(2,3)10-9(15)11(18)17-12(16-10)14(19-4)7-5-6-8-14/h5-8H2,1-4H3,(H,16,17,18). The van der Waals surface area contributed by atoms with Crippen LogP contribution in [0.15, 0.2) is 9.27 Å². The van der Waals surface area contributed by atoms with Gasteiger partial charge in [0.1, 0.15) is 15.9 Å². The summed E-state index contributed by atoms with van der Waals surface area (Å²) in [6.45, 7) is 6.16. The second kappa shape index (κ2) is 5.02. The van der Waals surface area contributed by atoms with Crippen LogP contribution in [-0.4, -0.2) is 17.1 Å². The predicted molar refractivity (Wildman–Crippen MR) is 78.4 cm³/mol. The highest BCUT2D eigenvalue weighted by Gasteiger charge is 2.39. The molecule has 0 atom stereocenters. The van der Waals surface area contributed by atoms with E-state index < -0.39 is 5.60 Å². The molecule has 1 aliphatic rings. The molecule has 0 spiro atoms. The Morgan fingerprint density at radius 3 is 2.37 bits per heavy atom. The average Bonchev–Trinajstić information content (AvgIpc) is 2.80. The lowest BCUT2D eigenvalue weighted by molar-refractivity contribution is -0.0168. The quantitative estimate of drug-likeness (QED) is 0.906. The van der Waals surface area contributed by atoms with Gasteiger partial charge in [-0.3, -0.25) is 4.79 Å². The predicted octanol–water partition coefficient (Wildman–Crippen LogP) is 3.25. The number of H-pyrrole nitrogens is 1. The van der Waals surface area contributed by atoms with Crippen LogP contribution in [-0.2, 0) is 15.8 Å². The third-order valence-electron chi connectivity index (χ3n) is 3.81. The normalized spacial score (nSPS) is 18.8. The maximum atomic E-state index is 12.1. The Morgan fingerprint density at radius 2 is 1.89 bits per heavy atom. The molecule has 0 saturated heterocycles. The molecule has 5 heteroatoms. The molecule has 1 aromatic heterocycles. The van der Waals surface area contributed by atoms with Crippen molar-refractivity contribution in [3.63, 3.8) is 0 Å². The fourth-order valence-electron chi connectivity index (χ4n) is 2.66. The maximum Gasteiger partial charge on any atom is 0.265 e. The second-order valence-corrected chi connectivity index (χ2v) is 7.03. The molecule has 1 aliphatic carbocycles. The Bertz CT molecular complexity index is 525. The molecular formula is C14H21BrN2O2. The molecule has 0 radical (unpaired) electrons. The van der Waals surface area contributed by atoms with Crippen molar-refractivity contribution >= 4 is 15.9 Å². The summed E-state index contributed by atoms with van der Waals surface area (Å²) in [5.74, 6) is 0.672. The first-order chi connectivity index (χ1) is 8.80. The van der Waals surface area contributed by atoms with Gasteiger partial charge in [0.15, 0.2) is 0 Å². The van der Waals surface area contributed by atoms with E-state index in [2.05, 4.69) is 41.7 Å². The Labute approximate surface area is 122 Å². The number of rotatable bonds is 2. The molecule has 106 valence electrons. The first-order valence-electron chi connectivity index (χ1n) is 6.66. The van der Waals surface area contributed by atoms with E-state index in [-0.39, 0.29) is 11.0 Å². The summed E-state index contributed by atoms with van der Waals surface area (Å²) in [4.78, 5) is 19.7. The lowest BCUT2D eigenvalue weighted by Gasteiger charge is -2.28. The van der Waals surface area contributed by atoms with E-state index in [0.717, 1.165) is 31.4 Å². The molecule has 19 heavy (non-hydrogen) atoms. The van der Waals surface area contributed by atoms with Crippen LogP contribution in [0.2, 0.25) is 0 Å². The molecule has 0 unspecified atom stereocenters. The summed E-state index contributed by atoms with van der Waals surface area (Å²) in [6, 6.07) is 0. The molecule has 1 heterocycles. The van der Waals surface area contributed by atoms with E-state index in [0.29, 0.717) is 10.3 Å². The third-order valence-corrected chi connectivity index (χ3v) is 4.54. The van der Waals surface area contributed by atoms with Gasteiger partial charge in [-0.2, -0.15) is 0 Å². The molecule has 2 rings (SSSR count). The molecular weight excluding hydrogens is 308 g/mol. The minimum Gasteiger partial charge on any atom is -0.370 e. The van der Waals surface area contributed by atoms with Crippen molar-refractivity contribution in [1.82, 2.24) is 9.97 Å². The number of aromatic nitrogens is 2. The van der Waals surface area contributed by atoms with Gasteiger partial charge in [0, 0.05) is 12.5 Å². The van der Waals surface area contributed by atoms with Crippen molar-refractivity contribution in [2.45, 2.75) is 57.5 Å². The fraction of sp³-hybridized carbons (Fsp3) is 0.714. The van der Waals surface area contributed by atoms with Crippen molar-refractivity contribution in [1.29, 1.82) is 0 Å². The molecule has 0 aliphatic heterocycles. The van der Waals surface area contributed by atoms with Crippen molar-refractivity contribution in [2.75, 3.05) is 7.11 Å². The zero-order valence-corrected chi connectivity index (χ0v) is 13.6. The average molecular weight is 329 g/mol. The molecule has 0 aromatic carbocycles. The van der Waals surface area contributed by atoms with Gasteiger partial charge in [-0.05, 0) is 41.6 Å². The highest BCUT2D eigenvalue weighted by Crippen LogP contribution is 2.40. The van der Waals surface area contributed by atoms with Gasteiger partial charge >= 0.3 is 0 Å². The summed E-state index contributed by atoms with van der Waals surface area (Å²) in [5, 5.41) is 0. The number of methoxy groups -OCH3 is 1. The largest absolute Gasteiger partial charge is 0.370 e. The van der Waals surface area contributed by atoms with Crippen molar-refractivity contribution in [3.8, 4) is 0 Å². The molecule has 0 amide bonds. The van der Waals surface area contributed by atoms with E-state index >= 15 is 0 Å². The lowest BCUT2D eigenvalue weighted by atomic mass is 9.91. The number of nitrogens with one attached hydrogen (secondary N) is 1. The summed E-state index contributed by atoms with van der Waals surface area (Å²) in [7, 11) is 1.70. The summed E-state index contributed by atoms with van der Waals surface area (Å²) < 4.78 is 6.22. The van der Waals surface area contributed by atoms with Crippen LogP contribution in [0.25, 0.3) is 0 Å². The third kappa shape index (κ3) is 2.63. The monoisotopic (exact) mass is 328 g/mol. The van der Waals surface area contributed by atoms with Crippen LogP contribution < -0.4 is 5.56 Å². The minimum absolute atomic E-state index is 0.127. The number of hydrogen-bond acceptors (Lipinski definition) is 3. The molecule has 1 N–H and O–H groups in total. The molecule has 1 fully saturated rings. The van der Waals surface area contributed by atoms with Gasteiger partial charge in [0.05, 0.1) is 5.69 Å². The highest BCUT2D eigenvalue weighted by atomic mass is 79.9. The number of halogens is 1. The van der Waals surface area contributed by atoms with Gasteiger partial charge in [-0.1, -0.05) is 20.8 Å². The number of nitrogens with zero attached hydrogens (tertiary/aromatic N) is 1. The second-order valence-electron chi connectivity index (χ2n) is 6.23. The first kappa shape index (κ1) is 14.7. The molecule has 0 bridgehead atoms. The van der Waals surface area contributed by atoms with Gasteiger partial charge in [-0.25, -0.2) is 4.98 Å². The van der Waals surface area contributed by atoms with Crippen LogP contribution in [0.1, 0.15) is 58.0 Å². The SMILES string of the molecule is COC1(c2nc(C(C)(C)C)c(Br)c(=O)[nH]2)CCCC1. The highest BCUT2D eigenvalue weighted by molar-refractivity contribution is 9.10. The van der Waals surface area contributed by atoms with E-state index in [1.165, 1.54) is 0 Å². The van der Waals surface area contributed by atoms with Crippen LogP contribution in [0, 0.1) is 0 Å². The molecule has 1 saturated carbocycles. The lowest BCUT2D eigenvalue weighted by Crippen LogP contribution is -2.33. The number of hydrogen-bond donors (Lipinski definition) is 1. The van der Waals surface area contributed by atoms with E-state index in [9.17, 15) is 4.79 Å². The number of aromatic amines is 1. The molecule has 4 nitrogen and oxygen atoms in total. The smallest absolute Gasteiger partial charge is 0.265 e. The van der Waals surface area contributed by atoms with Crippen LogP contribution in [0.4, 0.5) is 0 Å². The van der Waals surface area contributed by atoms with Gasteiger partial charge in [0.2, 0.25) is 0 Å². The van der Waals surface area contributed by atoms with Crippen molar-refractivity contribution < 1.29 is 4.74 Å². The van der Waals surface area contributed by atoms with Crippen LogP contribution in [0.5, 0.6) is 0 Å². The van der Waals surface area contributed by atoms with Crippen molar-refractivity contribution in [2.24, 2.45) is 0 Å². The van der Waals surface area contributed by atoms with E-state index in [1.807, 2.05) is 0 Å². The molecule has 1 aromatic rings. The maximum absolute atomic E-state index is 12.1. The topological polar surface area (TPSA) is 55.0 Å². The summed E-state index contributed by atoms with van der Waals surface area (Å²) in [6.07, 6.45) is 4.05. The summed E-state index contributed by atoms with van der Waals surface area (Å²) >= 11 is 3.35. The van der Waals surface area contributed by atoms with Gasteiger partial charge in [-0.15, -0.1) is 0 Å². The Kier molecular flexibility index (Phi) is 3.89. The van der Waals surface area contributed by atoms with Crippen molar-refractivity contribution in [3.05, 3.63) is 26.3 Å². The minimum atomic E-state index is -0.417. The van der Waals surface area contributed by atoms with Gasteiger partial charge < -0.3 is 9.72 Å². The van der Waals surface area contributed by atoms with Gasteiger partial charge in [0.25, 0.3) is 5.56 Å². The zero-order chi connectivity index (χ0) is 14.3. The Morgan fingerprint density at radius 1 is 1.32 bits per heavy atom. The first-order valence-corrected chi connectivity index (χ1v) is 7.45. The summed E-state index contributed by atoms with van der Waals surface area (Å²) in [5.41, 5.74) is 0.0581. The Hall–Kier alpha value is -0.680.